The van der Waals surface area contributed by atoms with Crippen LogP contribution in [0.15, 0.2) is 53.4 Å². The summed E-state index contributed by atoms with van der Waals surface area (Å²) in [6.07, 6.45) is 2.16. The Morgan fingerprint density at radius 3 is 2.17 bits per heavy atom. The second-order valence-electron chi connectivity index (χ2n) is 5.67. The monoisotopic (exact) mass is 365 g/mol. The smallest absolute Gasteiger partial charge is 0.224 e. The van der Waals surface area contributed by atoms with Gasteiger partial charge in [0.05, 0.1) is 17.4 Å². The number of amides is 1. The molecule has 2 aromatic carbocycles. The Kier molecular flexibility index (Phi) is 6.02. The molecule has 0 heterocycles. The van der Waals surface area contributed by atoms with Gasteiger partial charge in [-0.05, 0) is 41.8 Å². The van der Waals surface area contributed by atoms with Crippen molar-refractivity contribution in [3.63, 3.8) is 0 Å². The van der Waals surface area contributed by atoms with Crippen LogP contribution in [0.4, 0.5) is 0 Å². The molecular formula is C18H20ClNO3S. The van der Waals surface area contributed by atoms with Gasteiger partial charge in [0.2, 0.25) is 5.91 Å². The van der Waals surface area contributed by atoms with E-state index in [0.29, 0.717) is 11.4 Å². The van der Waals surface area contributed by atoms with Gasteiger partial charge in [-0.1, -0.05) is 42.8 Å². The highest BCUT2D eigenvalue weighted by atomic mass is 35.5. The number of hydrogen-bond donors (Lipinski definition) is 1. The van der Waals surface area contributed by atoms with E-state index in [1.807, 2.05) is 19.1 Å². The van der Waals surface area contributed by atoms with Crippen molar-refractivity contribution in [1.29, 1.82) is 0 Å². The Morgan fingerprint density at radius 2 is 1.67 bits per heavy atom. The molecule has 0 saturated heterocycles. The Labute approximate surface area is 147 Å². The van der Waals surface area contributed by atoms with Crippen molar-refractivity contribution >= 4 is 27.3 Å². The number of halogens is 1. The molecule has 1 atom stereocenters. The summed E-state index contributed by atoms with van der Waals surface area (Å²) in [6, 6.07) is 13.6. The normalized spacial score (nSPS) is 12.6. The van der Waals surface area contributed by atoms with Crippen molar-refractivity contribution in [2.45, 2.75) is 30.7 Å². The number of sulfone groups is 1. The summed E-state index contributed by atoms with van der Waals surface area (Å²) in [5.74, 6) is -0.0867. The van der Waals surface area contributed by atoms with Crippen LogP contribution < -0.4 is 5.32 Å². The Balaban J connectivity index is 2.05. The van der Waals surface area contributed by atoms with Crippen LogP contribution in [0.1, 0.15) is 30.5 Å². The molecule has 0 bridgehead atoms. The first-order chi connectivity index (χ1) is 11.3. The highest BCUT2D eigenvalue weighted by molar-refractivity contribution is 7.90. The van der Waals surface area contributed by atoms with E-state index in [0.717, 1.165) is 11.1 Å². The first-order valence-electron chi connectivity index (χ1n) is 7.63. The molecule has 6 heteroatoms. The second-order valence-corrected chi connectivity index (χ2v) is 8.12. The summed E-state index contributed by atoms with van der Waals surface area (Å²) in [7, 11) is -3.22. The second kappa shape index (κ2) is 7.81. The predicted molar refractivity (Wildman–Crippen MR) is 95.9 cm³/mol. The minimum Gasteiger partial charge on any atom is -0.349 e. The summed E-state index contributed by atoms with van der Waals surface area (Å²) in [5.41, 5.74) is 1.77. The van der Waals surface area contributed by atoms with E-state index in [-0.39, 0.29) is 23.3 Å². The zero-order chi connectivity index (χ0) is 17.7. The molecule has 2 aromatic rings. The Bertz CT molecular complexity index is 799. The summed E-state index contributed by atoms with van der Waals surface area (Å²) >= 11 is 5.84. The van der Waals surface area contributed by atoms with E-state index in [2.05, 4.69) is 5.32 Å². The molecule has 0 saturated carbocycles. The average Bonchev–Trinajstić information content (AvgIpc) is 2.54. The fraction of sp³-hybridized carbons (Fsp3) is 0.278. The lowest BCUT2D eigenvalue weighted by Gasteiger charge is -2.18. The third-order valence-corrected chi connectivity index (χ3v) is 5.11. The van der Waals surface area contributed by atoms with E-state index in [9.17, 15) is 13.2 Å². The maximum Gasteiger partial charge on any atom is 0.224 e. The number of rotatable bonds is 6. The first-order valence-corrected chi connectivity index (χ1v) is 9.90. The van der Waals surface area contributed by atoms with Crippen molar-refractivity contribution < 1.29 is 13.2 Å². The number of benzene rings is 2. The minimum atomic E-state index is -3.22. The topological polar surface area (TPSA) is 63.2 Å². The SMILES string of the molecule is CC[C@H](NC(=O)Cc1ccc(Cl)cc1)c1ccc(S(C)(=O)=O)cc1. The van der Waals surface area contributed by atoms with E-state index in [4.69, 9.17) is 11.6 Å². The van der Waals surface area contributed by atoms with Crippen LogP contribution in [0, 0.1) is 0 Å². The molecule has 1 amide bonds. The van der Waals surface area contributed by atoms with Crippen molar-refractivity contribution in [3.05, 3.63) is 64.7 Å². The first kappa shape index (κ1) is 18.5. The molecule has 2 rings (SSSR count). The Hall–Kier alpha value is -1.85. The molecule has 128 valence electrons. The maximum absolute atomic E-state index is 12.2. The van der Waals surface area contributed by atoms with Gasteiger partial charge in [0.25, 0.3) is 0 Å². The molecular weight excluding hydrogens is 346 g/mol. The van der Waals surface area contributed by atoms with Crippen LogP contribution in [0.2, 0.25) is 5.02 Å². The van der Waals surface area contributed by atoms with Gasteiger partial charge >= 0.3 is 0 Å². The molecule has 0 fully saturated rings. The van der Waals surface area contributed by atoms with Crippen molar-refractivity contribution in [2.24, 2.45) is 0 Å². The van der Waals surface area contributed by atoms with Gasteiger partial charge in [-0.25, -0.2) is 8.42 Å². The number of hydrogen-bond acceptors (Lipinski definition) is 3. The average molecular weight is 366 g/mol. The molecule has 0 aliphatic rings. The maximum atomic E-state index is 12.2. The highest BCUT2D eigenvalue weighted by Crippen LogP contribution is 2.19. The van der Waals surface area contributed by atoms with Gasteiger partial charge < -0.3 is 5.32 Å². The Morgan fingerprint density at radius 1 is 1.08 bits per heavy atom. The lowest BCUT2D eigenvalue weighted by atomic mass is 10.0. The minimum absolute atomic E-state index is 0.0867. The fourth-order valence-electron chi connectivity index (χ4n) is 2.40. The van der Waals surface area contributed by atoms with Gasteiger partial charge in [0.1, 0.15) is 0 Å². The van der Waals surface area contributed by atoms with Crippen molar-refractivity contribution in [1.82, 2.24) is 5.32 Å². The largest absolute Gasteiger partial charge is 0.349 e. The lowest BCUT2D eigenvalue weighted by molar-refractivity contribution is -0.121. The van der Waals surface area contributed by atoms with Gasteiger partial charge in [0.15, 0.2) is 9.84 Å². The van der Waals surface area contributed by atoms with Gasteiger partial charge in [-0.15, -0.1) is 0 Å². The highest BCUT2D eigenvalue weighted by Gasteiger charge is 2.14. The number of carbonyl (C=O) groups excluding carboxylic acids is 1. The molecule has 0 radical (unpaired) electrons. The van der Waals surface area contributed by atoms with E-state index < -0.39 is 9.84 Å². The number of carbonyl (C=O) groups is 1. The van der Waals surface area contributed by atoms with Crippen molar-refractivity contribution in [3.8, 4) is 0 Å². The third-order valence-electron chi connectivity index (χ3n) is 3.73. The summed E-state index contributed by atoms with van der Waals surface area (Å²) in [6.45, 7) is 1.97. The molecule has 0 aromatic heterocycles. The standard InChI is InChI=1S/C18H20ClNO3S/c1-3-17(14-6-10-16(11-7-14)24(2,22)23)20-18(21)12-13-4-8-15(19)9-5-13/h4-11,17H,3,12H2,1-2H3,(H,20,21)/t17-/m0/s1. The van der Waals surface area contributed by atoms with Crippen LogP contribution in [0.25, 0.3) is 0 Å². The third kappa shape index (κ3) is 5.08. The van der Waals surface area contributed by atoms with E-state index in [1.54, 1.807) is 36.4 Å². The fourth-order valence-corrected chi connectivity index (χ4v) is 3.16. The van der Waals surface area contributed by atoms with Gasteiger partial charge in [-0.2, -0.15) is 0 Å². The van der Waals surface area contributed by atoms with Crippen molar-refractivity contribution in [2.75, 3.05) is 6.26 Å². The predicted octanol–water partition coefficient (Wildman–Crippen LogP) is 3.55. The molecule has 24 heavy (non-hydrogen) atoms. The van der Waals surface area contributed by atoms with Gasteiger partial charge in [-0.3, -0.25) is 4.79 Å². The van der Waals surface area contributed by atoms with Crippen LogP contribution >= 0.6 is 11.6 Å². The molecule has 0 unspecified atom stereocenters. The quantitative estimate of drug-likeness (QED) is 0.851. The van der Waals surface area contributed by atoms with Gasteiger partial charge in [0, 0.05) is 11.3 Å². The summed E-state index contributed by atoms with van der Waals surface area (Å²) in [4.78, 5) is 12.5. The summed E-state index contributed by atoms with van der Waals surface area (Å²) < 4.78 is 23.0. The van der Waals surface area contributed by atoms with E-state index >= 15 is 0 Å². The molecule has 0 spiro atoms. The lowest BCUT2D eigenvalue weighted by Crippen LogP contribution is -2.29. The molecule has 0 aliphatic carbocycles. The molecule has 4 nitrogen and oxygen atoms in total. The van der Waals surface area contributed by atoms with E-state index in [1.165, 1.54) is 6.26 Å². The summed E-state index contributed by atoms with van der Waals surface area (Å²) in [5, 5.41) is 3.62. The molecule has 1 N–H and O–H groups in total. The van der Waals surface area contributed by atoms with Crippen LogP contribution in [-0.4, -0.2) is 20.6 Å². The zero-order valence-corrected chi connectivity index (χ0v) is 15.2. The zero-order valence-electron chi connectivity index (χ0n) is 13.6. The van der Waals surface area contributed by atoms with Crippen LogP contribution in [0.5, 0.6) is 0 Å². The van der Waals surface area contributed by atoms with Crippen LogP contribution in [-0.2, 0) is 21.1 Å². The molecule has 0 aliphatic heterocycles. The number of nitrogens with one attached hydrogen (secondary N) is 1. The van der Waals surface area contributed by atoms with Crippen LogP contribution in [0.3, 0.4) is 0 Å².